The zero-order valence-electron chi connectivity index (χ0n) is 17.5. The zero-order chi connectivity index (χ0) is 21.9. The van der Waals surface area contributed by atoms with Gasteiger partial charge < -0.3 is 14.7 Å². The Balaban J connectivity index is 1.57. The molecule has 1 amide bonds. The van der Waals surface area contributed by atoms with Crippen molar-refractivity contribution >= 4 is 23.4 Å². The fraction of sp³-hybridized carbons (Fsp3) is 0.476. The van der Waals surface area contributed by atoms with Crippen molar-refractivity contribution in [3.63, 3.8) is 0 Å². The summed E-state index contributed by atoms with van der Waals surface area (Å²) in [5.74, 6) is 0.377. The molecule has 162 valence electrons. The molecule has 0 spiro atoms. The summed E-state index contributed by atoms with van der Waals surface area (Å²) >= 11 is 6.51. The Kier molecular flexibility index (Phi) is 6.80. The van der Waals surface area contributed by atoms with Crippen LogP contribution in [0.15, 0.2) is 30.5 Å². The third-order valence-corrected chi connectivity index (χ3v) is 5.24. The van der Waals surface area contributed by atoms with Gasteiger partial charge in [0.15, 0.2) is 5.78 Å². The molecule has 0 atom stereocenters. The first-order chi connectivity index (χ1) is 14.1. The Labute approximate surface area is 181 Å². The largest absolute Gasteiger partial charge is 0.489 e. The lowest BCUT2D eigenvalue weighted by molar-refractivity contribution is 0.0284. The van der Waals surface area contributed by atoms with Crippen LogP contribution in [0.3, 0.4) is 0 Å². The third kappa shape index (κ3) is 5.59. The number of benzene rings is 1. The average Bonchev–Trinajstić information content (AvgIpc) is 3.18. The first-order valence-corrected chi connectivity index (χ1v) is 10.2. The number of ether oxygens (including phenoxy) is 1. The number of nitrogens with zero attached hydrogens (tertiary/aromatic N) is 4. The molecule has 0 unspecified atom stereocenters. The van der Waals surface area contributed by atoms with Gasteiger partial charge in [0.05, 0.1) is 10.6 Å². The molecule has 1 aromatic carbocycles. The maximum Gasteiger partial charge on any atom is 0.344 e. The van der Waals surface area contributed by atoms with Gasteiger partial charge in [0.25, 0.3) is 0 Å². The fourth-order valence-corrected chi connectivity index (χ4v) is 3.39. The second-order valence-electron chi connectivity index (χ2n) is 8.08. The van der Waals surface area contributed by atoms with Crippen LogP contribution in [0.1, 0.15) is 36.8 Å². The van der Waals surface area contributed by atoms with Crippen LogP contribution in [0.25, 0.3) is 0 Å². The average molecular weight is 435 g/mol. The predicted octanol–water partition coefficient (Wildman–Crippen LogP) is 2.67. The van der Waals surface area contributed by atoms with Crippen LogP contribution in [-0.4, -0.2) is 74.9 Å². The van der Waals surface area contributed by atoms with Gasteiger partial charge in [-0.15, -0.1) is 0 Å². The van der Waals surface area contributed by atoms with E-state index in [-0.39, 0.29) is 24.1 Å². The van der Waals surface area contributed by atoms with Crippen LogP contribution in [0.5, 0.6) is 5.75 Å². The monoisotopic (exact) mass is 434 g/mol. The van der Waals surface area contributed by atoms with E-state index >= 15 is 0 Å². The molecule has 0 radical (unpaired) electrons. The van der Waals surface area contributed by atoms with Crippen LogP contribution in [0.4, 0.5) is 4.79 Å². The first-order valence-electron chi connectivity index (χ1n) is 9.85. The Morgan fingerprint density at radius 3 is 2.50 bits per heavy atom. The van der Waals surface area contributed by atoms with Gasteiger partial charge in [-0.25, -0.2) is 4.79 Å². The lowest BCUT2D eigenvalue weighted by Gasteiger charge is -2.34. The lowest BCUT2D eigenvalue weighted by Crippen LogP contribution is -2.49. The van der Waals surface area contributed by atoms with E-state index < -0.39 is 5.60 Å². The molecule has 8 nitrogen and oxygen atoms in total. The van der Waals surface area contributed by atoms with E-state index in [9.17, 15) is 14.7 Å². The molecule has 0 saturated carbocycles. The summed E-state index contributed by atoms with van der Waals surface area (Å²) in [4.78, 5) is 27.9. The van der Waals surface area contributed by atoms with Gasteiger partial charge in [0.2, 0.25) is 0 Å². The highest BCUT2D eigenvalue weighted by atomic mass is 35.5. The van der Waals surface area contributed by atoms with Crippen molar-refractivity contribution in [1.82, 2.24) is 19.6 Å². The van der Waals surface area contributed by atoms with E-state index in [1.54, 1.807) is 30.9 Å². The number of aliphatic hydroxyl groups is 1. The molecule has 1 aliphatic rings. The molecular weight excluding hydrogens is 408 g/mol. The van der Waals surface area contributed by atoms with Gasteiger partial charge in [0.1, 0.15) is 18.1 Å². The Morgan fingerprint density at radius 2 is 1.90 bits per heavy atom. The van der Waals surface area contributed by atoms with E-state index in [4.69, 9.17) is 16.3 Å². The van der Waals surface area contributed by atoms with Gasteiger partial charge in [0, 0.05) is 45.8 Å². The third-order valence-electron chi connectivity index (χ3n) is 4.81. The van der Waals surface area contributed by atoms with Crippen molar-refractivity contribution in [2.75, 3.05) is 32.8 Å². The summed E-state index contributed by atoms with van der Waals surface area (Å²) in [6.07, 6.45) is 1.52. The number of hydrogen-bond acceptors (Lipinski definition) is 6. The minimum atomic E-state index is -0.943. The van der Waals surface area contributed by atoms with Crippen molar-refractivity contribution < 1.29 is 19.4 Å². The van der Waals surface area contributed by atoms with Gasteiger partial charge >= 0.3 is 6.03 Å². The van der Waals surface area contributed by atoms with Crippen molar-refractivity contribution in [2.45, 2.75) is 32.9 Å². The van der Waals surface area contributed by atoms with E-state index in [0.29, 0.717) is 43.5 Å². The van der Waals surface area contributed by atoms with Crippen molar-refractivity contribution in [3.8, 4) is 5.75 Å². The quantitative estimate of drug-likeness (QED) is 0.703. The number of aromatic nitrogens is 2. The minimum Gasteiger partial charge on any atom is -0.489 e. The predicted molar refractivity (Wildman–Crippen MR) is 113 cm³/mol. The number of Topliss-reactive ketones (excluding diaryl/α,β-unsaturated/α-hetero) is 1. The number of halogens is 1. The molecule has 0 bridgehead atoms. The van der Waals surface area contributed by atoms with Crippen LogP contribution < -0.4 is 4.74 Å². The number of rotatable bonds is 6. The number of ketones is 1. The standard InChI is InChI=1S/C21H27ClN4O4/c1-15(27)17-7-8-26(23-17)20(28)25-11-9-24(10-12-25)13-16-5-4-6-18(19(16)22)30-14-21(2,3)29/h4-8,29H,9-14H2,1-3H3. The second kappa shape index (κ2) is 9.16. The molecule has 1 saturated heterocycles. The van der Waals surface area contributed by atoms with E-state index in [0.717, 1.165) is 5.56 Å². The van der Waals surface area contributed by atoms with Gasteiger partial charge in [-0.05, 0) is 31.5 Å². The summed E-state index contributed by atoms with van der Waals surface area (Å²) in [6, 6.07) is 6.93. The van der Waals surface area contributed by atoms with Gasteiger partial charge in [-0.1, -0.05) is 23.7 Å². The summed E-state index contributed by atoms with van der Waals surface area (Å²) in [7, 11) is 0. The highest BCUT2D eigenvalue weighted by Gasteiger charge is 2.24. The molecule has 0 aliphatic carbocycles. The number of hydrogen-bond donors (Lipinski definition) is 1. The van der Waals surface area contributed by atoms with Crippen LogP contribution >= 0.6 is 11.6 Å². The Hall–Kier alpha value is -2.42. The summed E-state index contributed by atoms with van der Waals surface area (Å²) in [5.41, 5.74) is 0.272. The molecule has 2 aromatic rings. The maximum atomic E-state index is 12.6. The summed E-state index contributed by atoms with van der Waals surface area (Å²) in [6.45, 7) is 8.06. The fourth-order valence-electron chi connectivity index (χ4n) is 3.15. The molecule has 1 N–H and O–H groups in total. The van der Waals surface area contributed by atoms with E-state index in [1.165, 1.54) is 17.8 Å². The highest BCUT2D eigenvalue weighted by molar-refractivity contribution is 6.32. The normalized spacial score (nSPS) is 15.3. The van der Waals surface area contributed by atoms with E-state index in [1.807, 2.05) is 12.1 Å². The first kappa shape index (κ1) is 22.3. The molecule has 1 aromatic heterocycles. The summed E-state index contributed by atoms with van der Waals surface area (Å²) < 4.78 is 6.88. The lowest BCUT2D eigenvalue weighted by atomic mass is 10.1. The maximum absolute atomic E-state index is 12.6. The molecule has 3 rings (SSSR count). The second-order valence-corrected chi connectivity index (χ2v) is 8.46. The van der Waals surface area contributed by atoms with E-state index in [2.05, 4.69) is 10.00 Å². The number of amides is 1. The molecular formula is C21H27ClN4O4. The van der Waals surface area contributed by atoms with Crippen molar-refractivity contribution in [1.29, 1.82) is 0 Å². The minimum absolute atomic E-state index is 0.149. The number of carbonyl (C=O) groups excluding carboxylic acids is 2. The molecule has 9 heteroatoms. The summed E-state index contributed by atoms with van der Waals surface area (Å²) in [5, 5.41) is 14.4. The molecule has 1 fully saturated rings. The molecule has 2 heterocycles. The van der Waals surface area contributed by atoms with Crippen molar-refractivity contribution in [3.05, 3.63) is 46.7 Å². The zero-order valence-corrected chi connectivity index (χ0v) is 18.2. The SMILES string of the molecule is CC(=O)c1ccn(C(=O)N2CCN(Cc3cccc(OCC(C)(C)O)c3Cl)CC2)n1. The Morgan fingerprint density at radius 1 is 1.20 bits per heavy atom. The molecule has 1 aliphatic heterocycles. The van der Waals surface area contributed by atoms with Crippen LogP contribution in [0, 0.1) is 0 Å². The topological polar surface area (TPSA) is 87.9 Å². The van der Waals surface area contributed by atoms with Crippen LogP contribution in [-0.2, 0) is 6.54 Å². The highest BCUT2D eigenvalue weighted by Crippen LogP contribution is 2.30. The van der Waals surface area contributed by atoms with Crippen molar-refractivity contribution in [2.24, 2.45) is 0 Å². The number of piperazine rings is 1. The van der Waals surface area contributed by atoms with Gasteiger partial charge in [-0.2, -0.15) is 9.78 Å². The van der Waals surface area contributed by atoms with Crippen LogP contribution in [0.2, 0.25) is 5.02 Å². The number of carbonyl (C=O) groups is 2. The smallest absolute Gasteiger partial charge is 0.344 e. The van der Waals surface area contributed by atoms with Gasteiger partial charge in [-0.3, -0.25) is 9.69 Å². The molecule has 30 heavy (non-hydrogen) atoms. The Bertz CT molecular complexity index is 914.